The molecule has 208 valence electrons. The van der Waals surface area contributed by atoms with Gasteiger partial charge in [-0.05, 0) is 69.9 Å². The monoisotopic (exact) mass is 618 g/mol. The summed E-state index contributed by atoms with van der Waals surface area (Å²) in [5.74, 6) is 1.16. The van der Waals surface area contributed by atoms with Gasteiger partial charge in [-0.3, -0.25) is 4.79 Å². The number of carbonyl (C=O) groups excluding carboxylic acids is 1. The van der Waals surface area contributed by atoms with Gasteiger partial charge in [-0.25, -0.2) is 0 Å². The zero-order chi connectivity index (χ0) is 29.3. The highest BCUT2D eigenvalue weighted by atomic mass is 79.9. The number of nitrogens with zero attached hydrogens (tertiary/aromatic N) is 1. The minimum Gasteiger partial charge on any atom is -0.493 e. The van der Waals surface area contributed by atoms with Crippen molar-refractivity contribution in [3.63, 3.8) is 0 Å². The molecule has 0 fully saturated rings. The van der Waals surface area contributed by atoms with Gasteiger partial charge in [0, 0.05) is 10.2 Å². The van der Waals surface area contributed by atoms with Crippen molar-refractivity contribution >= 4 is 44.4 Å². The fraction of sp³-hybridized carbons (Fsp3) is 0.0857. The molecule has 0 heterocycles. The van der Waals surface area contributed by atoms with Crippen LogP contribution in [0.3, 0.4) is 0 Å². The molecule has 7 heteroatoms. The van der Waals surface area contributed by atoms with Crippen LogP contribution in [-0.2, 0) is 18.0 Å². The molecule has 0 spiro atoms. The summed E-state index contributed by atoms with van der Waals surface area (Å²) in [7, 11) is 1.55. The van der Waals surface area contributed by atoms with E-state index in [9.17, 15) is 10.1 Å². The Labute approximate surface area is 252 Å². The Hall–Kier alpha value is -5.06. The summed E-state index contributed by atoms with van der Waals surface area (Å²) < 4.78 is 18.2. The average Bonchev–Trinajstić information content (AvgIpc) is 3.03. The molecule has 0 saturated heterocycles. The van der Waals surface area contributed by atoms with Crippen molar-refractivity contribution in [2.24, 2.45) is 0 Å². The number of hydrogen-bond acceptors (Lipinski definition) is 5. The first-order chi connectivity index (χ1) is 20.5. The molecule has 0 unspecified atom stereocenters. The molecule has 1 amide bonds. The molecule has 6 nitrogen and oxygen atoms in total. The summed E-state index contributed by atoms with van der Waals surface area (Å²) in [5.41, 5.74) is 3.19. The van der Waals surface area contributed by atoms with Gasteiger partial charge in [0.25, 0.3) is 5.91 Å². The fourth-order valence-corrected chi connectivity index (χ4v) is 4.82. The Kier molecular flexibility index (Phi) is 9.17. The molecular weight excluding hydrogens is 592 g/mol. The normalized spacial score (nSPS) is 11.0. The SMILES string of the molecule is COc1cc(/C=C(\C#N)C(=O)Nc2ccc(OCc3ccccc3)cc2)c(Br)cc1OCc1cccc2ccccc12. The number of amides is 1. The molecule has 0 aliphatic heterocycles. The fourth-order valence-electron chi connectivity index (χ4n) is 4.39. The lowest BCUT2D eigenvalue weighted by atomic mass is 10.1. The van der Waals surface area contributed by atoms with Crippen molar-refractivity contribution in [2.75, 3.05) is 12.4 Å². The summed E-state index contributed by atoms with van der Waals surface area (Å²) in [5, 5.41) is 14.8. The van der Waals surface area contributed by atoms with E-state index in [-0.39, 0.29) is 5.57 Å². The molecule has 5 rings (SSSR count). The van der Waals surface area contributed by atoms with Gasteiger partial charge in [0.15, 0.2) is 11.5 Å². The first kappa shape index (κ1) is 28.5. The summed E-state index contributed by atoms with van der Waals surface area (Å²) >= 11 is 3.55. The second-order valence-corrected chi connectivity index (χ2v) is 10.2. The summed E-state index contributed by atoms with van der Waals surface area (Å²) in [6.45, 7) is 0.792. The maximum Gasteiger partial charge on any atom is 0.266 e. The van der Waals surface area contributed by atoms with Gasteiger partial charge in [0.2, 0.25) is 0 Å². The van der Waals surface area contributed by atoms with Crippen LogP contribution in [0.25, 0.3) is 16.8 Å². The standard InChI is InChI=1S/C35H27BrN2O4/c1-40-33-19-27(32(36)20-34(33)42-23-26-12-7-11-25-10-5-6-13-31(25)26)18-28(21-37)35(39)38-29-14-16-30(17-15-29)41-22-24-8-3-2-4-9-24/h2-20H,22-23H2,1H3,(H,38,39)/b28-18+. The van der Waals surface area contributed by atoms with E-state index in [1.54, 1.807) is 43.5 Å². The van der Waals surface area contributed by atoms with E-state index in [1.165, 1.54) is 6.08 Å². The van der Waals surface area contributed by atoms with Crippen LogP contribution in [0.2, 0.25) is 0 Å². The summed E-state index contributed by atoms with van der Waals surface area (Å²) in [6, 6.07) is 36.6. The van der Waals surface area contributed by atoms with Crippen LogP contribution in [-0.4, -0.2) is 13.0 Å². The highest BCUT2D eigenvalue weighted by Gasteiger charge is 2.15. The van der Waals surface area contributed by atoms with Crippen LogP contribution < -0.4 is 19.5 Å². The van der Waals surface area contributed by atoms with Crippen LogP contribution in [0.4, 0.5) is 5.69 Å². The van der Waals surface area contributed by atoms with Crippen LogP contribution in [0.5, 0.6) is 17.2 Å². The smallest absolute Gasteiger partial charge is 0.266 e. The van der Waals surface area contributed by atoms with Gasteiger partial charge in [-0.15, -0.1) is 0 Å². The minimum absolute atomic E-state index is 0.0634. The number of fused-ring (bicyclic) bond motifs is 1. The van der Waals surface area contributed by atoms with Gasteiger partial charge >= 0.3 is 0 Å². The third-order valence-electron chi connectivity index (χ3n) is 6.57. The van der Waals surface area contributed by atoms with E-state index in [2.05, 4.69) is 39.4 Å². The number of nitriles is 1. The second-order valence-electron chi connectivity index (χ2n) is 9.37. The van der Waals surface area contributed by atoms with Gasteiger partial charge in [-0.1, -0.05) is 88.7 Å². The lowest BCUT2D eigenvalue weighted by molar-refractivity contribution is -0.112. The van der Waals surface area contributed by atoms with E-state index < -0.39 is 5.91 Å². The molecule has 0 saturated carbocycles. The highest BCUT2D eigenvalue weighted by molar-refractivity contribution is 9.10. The van der Waals surface area contributed by atoms with Gasteiger partial charge < -0.3 is 19.5 Å². The molecule has 5 aromatic rings. The maximum absolute atomic E-state index is 12.9. The molecule has 0 aliphatic rings. The Bertz CT molecular complexity index is 1770. The molecule has 5 aromatic carbocycles. The number of anilines is 1. The van der Waals surface area contributed by atoms with E-state index in [0.29, 0.717) is 46.2 Å². The topological polar surface area (TPSA) is 80.6 Å². The first-order valence-corrected chi connectivity index (χ1v) is 14.0. The lowest BCUT2D eigenvalue weighted by Gasteiger charge is -2.14. The van der Waals surface area contributed by atoms with Crippen molar-refractivity contribution in [2.45, 2.75) is 13.2 Å². The van der Waals surface area contributed by atoms with Crippen molar-refractivity contribution in [3.05, 3.63) is 136 Å². The Morgan fingerprint density at radius 3 is 2.36 bits per heavy atom. The van der Waals surface area contributed by atoms with E-state index in [1.807, 2.05) is 60.7 Å². The quantitative estimate of drug-likeness (QED) is 0.126. The number of methoxy groups -OCH3 is 1. The largest absolute Gasteiger partial charge is 0.493 e. The van der Waals surface area contributed by atoms with E-state index >= 15 is 0 Å². The number of rotatable bonds is 10. The molecular formula is C35H27BrN2O4. The lowest BCUT2D eigenvalue weighted by Crippen LogP contribution is -2.13. The zero-order valence-corrected chi connectivity index (χ0v) is 24.4. The minimum atomic E-state index is -0.530. The Morgan fingerprint density at radius 2 is 1.60 bits per heavy atom. The molecule has 0 bridgehead atoms. The average molecular weight is 620 g/mol. The van der Waals surface area contributed by atoms with Gasteiger partial charge in [0.1, 0.15) is 30.6 Å². The van der Waals surface area contributed by atoms with Crippen LogP contribution in [0.15, 0.2) is 119 Å². The van der Waals surface area contributed by atoms with Gasteiger partial charge in [-0.2, -0.15) is 5.26 Å². The number of benzene rings is 5. The Morgan fingerprint density at radius 1 is 0.857 bits per heavy atom. The zero-order valence-electron chi connectivity index (χ0n) is 22.8. The molecule has 0 aliphatic carbocycles. The predicted octanol–water partition coefficient (Wildman–Crippen LogP) is 8.31. The predicted molar refractivity (Wildman–Crippen MR) is 168 cm³/mol. The third-order valence-corrected chi connectivity index (χ3v) is 7.26. The maximum atomic E-state index is 12.9. The Balaban J connectivity index is 1.26. The molecule has 1 N–H and O–H groups in total. The van der Waals surface area contributed by atoms with Crippen LogP contribution in [0.1, 0.15) is 16.7 Å². The van der Waals surface area contributed by atoms with Crippen LogP contribution in [0, 0.1) is 11.3 Å². The van der Waals surface area contributed by atoms with Crippen molar-refractivity contribution < 1.29 is 19.0 Å². The second kappa shape index (κ2) is 13.5. The number of carbonyl (C=O) groups is 1. The number of nitrogens with one attached hydrogen (secondary N) is 1. The first-order valence-electron chi connectivity index (χ1n) is 13.2. The van der Waals surface area contributed by atoms with E-state index in [4.69, 9.17) is 14.2 Å². The molecule has 0 radical (unpaired) electrons. The number of hydrogen-bond donors (Lipinski definition) is 1. The number of halogens is 1. The molecule has 0 atom stereocenters. The van der Waals surface area contributed by atoms with Crippen LogP contribution >= 0.6 is 15.9 Å². The number of ether oxygens (including phenoxy) is 3. The van der Waals surface area contributed by atoms with Crippen molar-refractivity contribution in [1.82, 2.24) is 0 Å². The van der Waals surface area contributed by atoms with Crippen molar-refractivity contribution in [3.8, 4) is 23.3 Å². The van der Waals surface area contributed by atoms with Crippen molar-refractivity contribution in [1.29, 1.82) is 5.26 Å². The third kappa shape index (κ3) is 6.98. The molecule has 0 aromatic heterocycles. The highest BCUT2D eigenvalue weighted by Crippen LogP contribution is 2.35. The summed E-state index contributed by atoms with van der Waals surface area (Å²) in [4.78, 5) is 12.9. The van der Waals surface area contributed by atoms with E-state index in [0.717, 1.165) is 21.9 Å². The molecule has 42 heavy (non-hydrogen) atoms. The summed E-state index contributed by atoms with van der Waals surface area (Å²) in [6.07, 6.45) is 1.51. The van der Waals surface area contributed by atoms with Gasteiger partial charge in [0.05, 0.1) is 7.11 Å².